The van der Waals surface area contributed by atoms with Gasteiger partial charge in [0.1, 0.15) is 6.04 Å². The summed E-state index contributed by atoms with van der Waals surface area (Å²) in [4.78, 5) is 17.0. The Bertz CT molecular complexity index is 970. The van der Waals surface area contributed by atoms with Gasteiger partial charge >= 0.3 is 0 Å². The number of benzene rings is 2. The van der Waals surface area contributed by atoms with E-state index in [1.54, 1.807) is 26.4 Å². The van der Waals surface area contributed by atoms with E-state index in [1.807, 2.05) is 50.2 Å². The molecule has 1 atom stereocenters. The van der Waals surface area contributed by atoms with Crippen molar-refractivity contribution in [2.75, 3.05) is 14.2 Å². The third kappa shape index (κ3) is 5.37. The highest BCUT2D eigenvalue weighted by Gasteiger charge is 2.23. The second-order valence-electron chi connectivity index (χ2n) is 7.43. The van der Waals surface area contributed by atoms with Gasteiger partial charge in [-0.15, -0.1) is 0 Å². The van der Waals surface area contributed by atoms with Gasteiger partial charge in [0.25, 0.3) is 0 Å². The molecule has 0 saturated heterocycles. The Labute approximate surface area is 176 Å². The van der Waals surface area contributed by atoms with Crippen LogP contribution in [0.1, 0.15) is 37.8 Å². The van der Waals surface area contributed by atoms with Crippen molar-refractivity contribution in [1.29, 1.82) is 0 Å². The van der Waals surface area contributed by atoms with Crippen LogP contribution in [0.5, 0.6) is 11.5 Å². The summed E-state index contributed by atoms with van der Waals surface area (Å²) < 4.78 is 16.2. The van der Waals surface area contributed by atoms with Gasteiger partial charge in [-0.2, -0.15) is 4.98 Å². The van der Waals surface area contributed by atoms with E-state index in [0.717, 1.165) is 11.1 Å². The SMILES string of the molecule is COc1ccc(-c2noc([C@H](Cc3ccccc3)NC(=O)CC(C)C)n2)cc1OC. The van der Waals surface area contributed by atoms with Crippen molar-refractivity contribution in [3.63, 3.8) is 0 Å². The number of methoxy groups -OCH3 is 2. The van der Waals surface area contributed by atoms with Crippen LogP contribution in [0.4, 0.5) is 0 Å². The van der Waals surface area contributed by atoms with Crippen molar-refractivity contribution in [3.05, 3.63) is 60.0 Å². The molecule has 7 nitrogen and oxygen atoms in total. The first-order chi connectivity index (χ1) is 14.5. The molecular formula is C23H27N3O4. The third-order valence-corrected chi connectivity index (χ3v) is 4.59. The summed E-state index contributed by atoms with van der Waals surface area (Å²) in [7, 11) is 3.15. The number of aromatic nitrogens is 2. The molecule has 0 spiro atoms. The smallest absolute Gasteiger partial charge is 0.249 e. The number of hydrogen-bond acceptors (Lipinski definition) is 6. The number of amides is 1. The maximum atomic E-state index is 12.4. The van der Waals surface area contributed by atoms with Crippen LogP contribution < -0.4 is 14.8 Å². The molecule has 1 aromatic heterocycles. The van der Waals surface area contributed by atoms with E-state index >= 15 is 0 Å². The Kier molecular flexibility index (Phi) is 7.06. The van der Waals surface area contributed by atoms with Gasteiger partial charge in [-0.05, 0) is 29.7 Å². The third-order valence-electron chi connectivity index (χ3n) is 4.59. The molecule has 30 heavy (non-hydrogen) atoms. The Morgan fingerprint density at radius 2 is 1.80 bits per heavy atom. The molecule has 0 unspecified atom stereocenters. The lowest BCUT2D eigenvalue weighted by Crippen LogP contribution is -2.31. The highest BCUT2D eigenvalue weighted by Crippen LogP contribution is 2.31. The van der Waals surface area contributed by atoms with Gasteiger partial charge in [-0.1, -0.05) is 49.3 Å². The summed E-state index contributed by atoms with van der Waals surface area (Å²) >= 11 is 0. The van der Waals surface area contributed by atoms with Crippen molar-refractivity contribution < 1.29 is 18.8 Å². The number of hydrogen-bond donors (Lipinski definition) is 1. The molecule has 1 heterocycles. The van der Waals surface area contributed by atoms with E-state index < -0.39 is 6.04 Å². The molecule has 2 aromatic carbocycles. The highest BCUT2D eigenvalue weighted by molar-refractivity contribution is 5.76. The van der Waals surface area contributed by atoms with E-state index in [2.05, 4.69) is 15.5 Å². The number of ether oxygens (including phenoxy) is 2. The van der Waals surface area contributed by atoms with E-state index in [0.29, 0.717) is 36.1 Å². The van der Waals surface area contributed by atoms with Crippen molar-refractivity contribution in [3.8, 4) is 22.9 Å². The van der Waals surface area contributed by atoms with E-state index in [4.69, 9.17) is 14.0 Å². The van der Waals surface area contributed by atoms with Crippen LogP contribution in [0.3, 0.4) is 0 Å². The first kappa shape index (κ1) is 21.4. The van der Waals surface area contributed by atoms with Crippen molar-refractivity contribution >= 4 is 5.91 Å². The molecule has 0 fully saturated rings. The lowest BCUT2D eigenvalue weighted by atomic mass is 10.0. The summed E-state index contributed by atoms with van der Waals surface area (Å²) in [6.45, 7) is 4.02. The second-order valence-corrected chi connectivity index (χ2v) is 7.43. The molecule has 0 radical (unpaired) electrons. The molecule has 158 valence electrons. The number of nitrogens with one attached hydrogen (secondary N) is 1. The zero-order valence-electron chi connectivity index (χ0n) is 17.7. The van der Waals surface area contributed by atoms with Gasteiger partial charge in [0.2, 0.25) is 17.6 Å². The minimum atomic E-state index is -0.417. The normalized spacial score (nSPS) is 11.9. The molecule has 1 amide bonds. The van der Waals surface area contributed by atoms with Crippen molar-refractivity contribution in [2.45, 2.75) is 32.7 Å². The molecule has 3 rings (SSSR count). The van der Waals surface area contributed by atoms with E-state index in [1.165, 1.54) is 0 Å². The Hall–Kier alpha value is -3.35. The average Bonchev–Trinajstić information content (AvgIpc) is 3.23. The number of nitrogens with zero attached hydrogens (tertiary/aromatic N) is 2. The lowest BCUT2D eigenvalue weighted by molar-refractivity contribution is -0.122. The molecule has 0 aliphatic carbocycles. The monoisotopic (exact) mass is 409 g/mol. The average molecular weight is 409 g/mol. The molecule has 0 aliphatic rings. The van der Waals surface area contributed by atoms with Gasteiger partial charge in [-0.25, -0.2) is 0 Å². The van der Waals surface area contributed by atoms with Gasteiger partial charge in [0, 0.05) is 18.4 Å². The highest BCUT2D eigenvalue weighted by atomic mass is 16.5. The van der Waals surface area contributed by atoms with E-state index in [-0.39, 0.29) is 11.8 Å². The number of rotatable bonds is 9. The Morgan fingerprint density at radius 1 is 1.07 bits per heavy atom. The van der Waals surface area contributed by atoms with Crippen molar-refractivity contribution in [2.24, 2.45) is 5.92 Å². The summed E-state index contributed by atoms with van der Waals surface area (Å²) in [5, 5.41) is 7.15. The molecular weight excluding hydrogens is 382 g/mol. The summed E-state index contributed by atoms with van der Waals surface area (Å²) in [6.07, 6.45) is 0.986. The second kappa shape index (κ2) is 9.91. The summed E-state index contributed by atoms with van der Waals surface area (Å²) in [5.74, 6) is 2.19. The molecule has 7 heteroatoms. The van der Waals surface area contributed by atoms with E-state index in [9.17, 15) is 4.79 Å². The minimum Gasteiger partial charge on any atom is -0.493 e. The fourth-order valence-electron chi connectivity index (χ4n) is 3.14. The predicted octanol–water partition coefficient (Wildman–Crippen LogP) is 4.20. The van der Waals surface area contributed by atoms with Crippen molar-refractivity contribution in [1.82, 2.24) is 15.5 Å². The van der Waals surface area contributed by atoms with Crippen LogP contribution >= 0.6 is 0 Å². The fraction of sp³-hybridized carbons (Fsp3) is 0.348. The van der Waals surface area contributed by atoms with Crippen LogP contribution in [-0.2, 0) is 11.2 Å². The quantitative estimate of drug-likeness (QED) is 0.570. The lowest BCUT2D eigenvalue weighted by Gasteiger charge is -2.16. The van der Waals surface area contributed by atoms with Gasteiger partial charge in [0.15, 0.2) is 11.5 Å². The first-order valence-corrected chi connectivity index (χ1v) is 9.89. The number of carbonyl (C=O) groups excluding carboxylic acids is 1. The van der Waals surface area contributed by atoms with Crippen LogP contribution in [0.15, 0.2) is 53.1 Å². The van der Waals surface area contributed by atoms with Gasteiger partial charge in [0.05, 0.1) is 14.2 Å². The first-order valence-electron chi connectivity index (χ1n) is 9.89. The zero-order valence-corrected chi connectivity index (χ0v) is 17.7. The minimum absolute atomic E-state index is 0.0446. The van der Waals surface area contributed by atoms with Crippen LogP contribution in [0.2, 0.25) is 0 Å². The van der Waals surface area contributed by atoms with Crippen LogP contribution in [0, 0.1) is 5.92 Å². The van der Waals surface area contributed by atoms with Gasteiger partial charge in [-0.3, -0.25) is 4.79 Å². The maximum Gasteiger partial charge on any atom is 0.249 e. The number of carbonyl (C=O) groups is 1. The molecule has 3 aromatic rings. The zero-order chi connectivity index (χ0) is 21.5. The Morgan fingerprint density at radius 3 is 2.47 bits per heavy atom. The Balaban J connectivity index is 1.87. The van der Waals surface area contributed by atoms with Gasteiger partial charge < -0.3 is 19.3 Å². The standard InChI is InChI=1S/C23H27N3O4/c1-15(2)12-21(27)24-18(13-16-8-6-5-7-9-16)23-25-22(26-30-23)17-10-11-19(28-3)20(14-17)29-4/h5-11,14-15,18H,12-13H2,1-4H3,(H,24,27)/t18-/m0/s1. The van der Waals surface area contributed by atoms with Crippen LogP contribution in [-0.4, -0.2) is 30.3 Å². The topological polar surface area (TPSA) is 86.5 Å². The molecule has 1 N–H and O–H groups in total. The molecule has 0 bridgehead atoms. The summed E-state index contributed by atoms with van der Waals surface area (Å²) in [5.41, 5.74) is 1.80. The summed E-state index contributed by atoms with van der Waals surface area (Å²) in [6, 6.07) is 14.9. The maximum absolute atomic E-state index is 12.4. The largest absolute Gasteiger partial charge is 0.493 e. The fourth-order valence-corrected chi connectivity index (χ4v) is 3.14. The molecule has 0 aliphatic heterocycles. The molecule has 0 saturated carbocycles. The van der Waals surface area contributed by atoms with Crippen LogP contribution in [0.25, 0.3) is 11.4 Å². The predicted molar refractivity (Wildman–Crippen MR) is 113 cm³/mol.